The maximum absolute atomic E-state index is 6.46. The van der Waals surface area contributed by atoms with Gasteiger partial charge in [0.15, 0.2) is 5.58 Å². The van der Waals surface area contributed by atoms with Crippen molar-refractivity contribution in [3.8, 4) is 0 Å². The van der Waals surface area contributed by atoms with E-state index in [1.54, 1.807) is 0 Å². The molecule has 0 amide bonds. The van der Waals surface area contributed by atoms with Crippen molar-refractivity contribution in [2.75, 3.05) is 6.54 Å². The molecule has 0 atom stereocenters. The molecule has 4 rings (SSSR count). The minimum atomic E-state index is 0.652. The maximum atomic E-state index is 6.46. The Morgan fingerprint density at radius 3 is 2.77 bits per heavy atom. The van der Waals surface area contributed by atoms with Crippen LogP contribution in [0, 0.1) is 0 Å². The van der Waals surface area contributed by atoms with Crippen LogP contribution < -0.4 is 5.32 Å². The Kier molecular flexibility index (Phi) is 3.29. The van der Waals surface area contributed by atoms with Crippen molar-refractivity contribution in [3.05, 3.63) is 76.5 Å². The number of fused-ring (bicyclic) bond motifs is 3. The smallest absolute Gasteiger partial charge is 0.153 e. The molecule has 3 aromatic rings. The van der Waals surface area contributed by atoms with Gasteiger partial charge in [-0.15, -0.1) is 0 Å². The van der Waals surface area contributed by atoms with Crippen LogP contribution in [0.5, 0.6) is 0 Å². The zero-order valence-electron chi connectivity index (χ0n) is 12.2. The van der Waals surface area contributed by atoms with E-state index in [4.69, 9.17) is 16.0 Å². The molecule has 1 aliphatic rings. The minimum Gasteiger partial charge on any atom is -0.459 e. The lowest BCUT2D eigenvalue weighted by Gasteiger charge is -2.11. The van der Waals surface area contributed by atoms with Gasteiger partial charge in [-0.25, -0.2) is 0 Å². The quantitative estimate of drug-likeness (QED) is 0.736. The molecule has 1 aliphatic heterocycles. The van der Waals surface area contributed by atoms with E-state index < -0.39 is 0 Å². The average molecular weight is 310 g/mol. The summed E-state index contributed by atoms with van der Waals surface area (Å²) in [7, 11) is 0. The SMILES string of the molecule is C=C(c1ccccc1)c1cc(Cl)c2oc3c(c2c1)CNCC3. The van der Waals surface area contributed by atoms with Gasteiger partial charge in [0, 0.05) is 30.5 Å². The number of hydrogen-bond acceptors (Lipinski definition) is 2. The fourth-order valence-electron chi connectivity index (χ4n) is 3.05. The standard InChI is InChI=1S/C19H16ClNO/c1-12(13-5-3-2-4-6-13)14-9-15-16-11-21-8-7-18(16)22-19(15)17(20)10-14/h2-6,9-10,21H,1,7-8,11H2. The van der Waals surface area contributed by atoms with E-state index in [-0.39, 0.29) is 0 Å². The summed E-state index contributed by atoms with van der Waals surface area (Å²) in [4.78, 5) is 0. The first kappa shape index (κ1) is 13.6. The Morgan fingerprint density at radius 1 is 1.14 bits per heavy atom. The van der Waals surface area contributed by atoms with Crippen LogP contribution in [0.15, 0.2) is 53.5 Å². The fraction of sp³-hybridized carbons (Fsp3) is 0.158. The lowest BCUT2D eigenvalue weighted by Crippen LogP contribution is -2.22. The first-order valence-corrected chi connectivity index (χ1v) is 7.81. The van der Waals surface area contributed by atoms with Gasteiger partial charge in [0.25, 0.3) is 0 Å². The van der Waals surface area contributed by atoms with Crippen molar-refractivity contribution in [3.63, 3.8) is 0 Å². The van der Waals surface area contributed by atoms with Gasteiger partial charge in [-0.1, -0.05) is 48.5 Å². The zero-order chi connectivity index (χ0) is 15.1. The van der Waals surface area contributed by atoms with Crippen molar-refractivity contribution >= 4 is 28.1 Å². The van der Waals surface area contributed by atoms with Gasteiger partial charge in [0.05, 0.1) is 5.02 Å². The molecule has 0 saturated heterocycles. The highest BCUT2D eigenvalue weighted by atomic mass is 35.5. The van der Waals surface area contributed by atoms with Crippen molar-refractivity contribution in [2.45, 2.75) is 13.0 Å². The Labute approximate surface area is 134 Å². The van der Waals surface area contributed by atoms with Gasteiger partial charge in [-0.3, -0.25) is 0 Å². The van der Waals surface area contributed by atoms with Crippen LogP contribution in [0.1, 0.15) is 22.5 Å². The van der Waals surface area contributed by atoms with Gasteiger partial charge in [-0.2, -0.15) is 0 Å². The molecule has 1 aromatic heterocycles. The first-order chi connectivity index (χ1) is 10.7. The lowest BCUT2D eigenvalue weighted by molar-refractivity contribution is 0.500. The Balaban J connectivity index is 1.87. The molecule has 0 fully saturated rings. The summed E-state index contributed by atoms with van der Waals surface area (Å²) in [6.07, 6.45) is 0.912. The van der Waals surface area contributed by atoms with Crippen molar-refractivity contribution in [1.82, 2.24) is 5.32 Å². The molecular weight excluding hydrogens is 294 g/mol. The molecule has 110 valence electrons. The monoisotopic (exact) mass is 309 g/mol. The van der Waals surface area contributed by atoms with Crippen molar-refractivity contribution in [1.29, 1.82) is 0 Å². The van der Waals surface area contributed by atoms with Crippen LogP contribution in [0.3, 0.4) is 0 Å². The topological polar surface area (TPSA) is 25.2 Å². The predicted octanol–water partition coefficient (Wildman–Crippen LogP) is 4.79. The van der Waals surface area contributed by atoms with E-state index in [1.165, 1.54) is 5.56 Å². The van der Waals surface area contributed by atoms with E-state index in [0.717, 1.165) is 52.9 Å². The molecule has 0 bridgehead atoms. The molecule has 0 aliphatic carbocycles. The maximum Gasteiger partial charge on any atom is 0.153 e. The van der Waals surface area contributed by atoms with Crippen LogP contribution in [0.4, 0.5) is 0 Å². The molecule has 0 radical (unpaired) electrons. The molecule has 0 unspecified atom stereocenters. The van der Waals surface area contributed by atoms with E-state index in [2.05, 4.69) is 30.1 Å². The zero-order valence-corrected chi connectivity index (χ0v) is 12.9. The molecule has 2 nitrogen and oxygen atoms in total. The summed E-state index contributed by atoms with van der Waals surface area (Å²) in [6.45, 7) is 6.02. The number of benzene rings is 2. The van der Waals surface area contributed by atoms with Gasteiger partial charge < -0.3 is 9.73 Å². The van der Waals surface area contributed by atoms with Crippen LogP contribution >= 0.6 is 11.6 Å². The van der Waals surface area contributed by atoms with Crippen LogP contribution in [-0.2, 0) is 13.0 Å². The number of hydrogen-bond donors (Lipinski definition) is 1. The molecule has 22 heavy (non-hydrogen) atoms. The summed E-state index contributed by atoms with van der Waals surface area (Å²) in [5.74, 6) is 1.05. The molecule has 2 aromatic carbocycles. The van der Waals surface area contributed by atoms with Crippen LogP contribution in [0.2, 0.25) is 5.02 Å². The van der Waals surface area contributed by atoms with Crippen LogP contribution in [0.25, 0.3) is 16.5 Å². The first-order valence-electron chi connectivity index (χ1n) is 7.43. The largest absolute Gasteiger partial charge is 0.459 e. The second kappa shape index (κ2) is 5.31. The van der Waals surface area contributed by atoms with E-state index in [0.29, 0.717) is 5.02 Å². The summed E-state index contributed by atoms with van der Waals surface area (Å²) in [6, 6.07) is 14.3. The molecule has 0 saturated carbocycles. The molecular formula is C19H16ClNO. The third kappa shape index (κ3) is 2.16. The molecule has 3 heteroatoms. The molecule has 1 N–H and O–H groups in total. The van der Waals surface area contributed by atoms with E-state index in [9.17, 15) is 0 Å². The summed E-state index contributed by atoms with van der Waals surface area (Å²) >= 11 is 6.46. The second-order valence-corrected chi connectivity index (χ2v) is 6.02. The molecule has 0 spiro atoms. The normalized spacial score (nSPS) is 14.0. The molecule has 2 heterocycles. The van der Waals surface area contributed by atoms with Gasteiger partial charge in [0.1, 0.15) is 5.76 Å². The summed E-state index contributed by atoms with van der Waals surface area (Å²) in [5.41, 5.74) is 5.14. The Morgan fingerprint density at radius 2 is 1.95 bits per heavy atom. The summed E-state index contributed by atoms with van der Waals surface area (Å²) < 4.78 is 5.96. The van der Waals surface area contributed by atoms with E-state index in [1.807, 2.05) is 24.3 Å². The third-order valence-corrected chi connectivity index (χ3v) is 4.51. The van der Waals surface area contributed by atoms with Gasteiger partial charge in [-0.05, 0) is 28.8 Å². The highest BCUT2D eigenvalue weighted by molar-refractivity contribution is 6.35. The van der Waals surface area contributed by atoms with Gasteiger partial charge >= 0.3 is 0 Å². The van der Waals surface area contributed by atoms with Crippen molar-refractivity contribution in [2.24, 2.45) is 0 Å². The fourth-order valence-corrected chi connectivity index (χ4v) is 3.31. The number of halogens is 1. The van der Waals surface area contributed by atoms with E-state index >= 15 is 0 Å². The average Bonchev–Trinajstić information content (AvgIpc) is 2.94. The number of furan rings is 1. The minimum absolute atomic E-state index is 0.652. The highest BCUT2D eigenvalue weighted by Crippen LogP contribution is 2.36. The summed E-state index contributed by atoms with van der Waals surface area (Å²) in [5, 5.41) is 5.14. The Hall–Kier alpha value is -2.03. The predicted molar refractivity (Wildman–Crippen MR) is 91.2 cm³/mol. The number of rotatable bonds is 2. The Bertz CT molecular complexity index is 864. The lowest BCUT2D eigenvalue weighted by atomic mass is 9.97. The number of nitrogens with one attached hydrogen (secondary N) is 1. The third-order valence-electron chi connectivity index (χ3n) is 4.23. The van der Waals surface area contributed by atoms with Crippen molar-refractivity contribution < 1.29 is 4.42 Å². The van der Waals surface area contributed by atoms with Gasteiger partial charge in [0.2, 0.25) is 0 Å². The highest BCUT2D eigenvalue weighted by Gasteiger charge is 2.20. The van der Waals surface area contributed by atoms with Crippen LogP contribution in [-0.4, -0.2) is 6.54 Å². The second-order valence-electron chi connectivity index (χ2n) is 5.61.